The number of likely N-dealkylation sites (tertiary alicyclic amines) is 1. The van der Waals surface area contributed by atoms with Crippen molar-refractivity contribution in [1.29, 1.82) is 0 Å². The van der Waals surface area contributed by atoms with Crippen molar-refractivity contribution in [3.05, 3.63) is 22.4 Å². The molecule has 1 aromatic heterocycles. The maximum absolute atomic E-state index is 12.4. The Morgan fingerprint density at radius 3 is 2.90 bits per heavy atom. The van der Waals surface area contributed by atoms with Gasteiger partial charge >= 0.3 is 0 Å². The van der Waals surface area contributed by atoms with Gasteiger partial charge in [-0.05, 0) is 36.1 Å². The highest BCUT2D eigenvalue weighted by molar-refractivity contribution is 7.12. The van der Waals surface area contributed by atoms with Crippen molar-refractivity contribution in [3.63, 3.8) is 0 Å². The standard InChI is InChI=1S/C15H24N2O2S/c1-10(2)13(18)7-11-6-12(16)9-17(8-11)15(19)14-4-3-5-20-14/h3-5,10-13,18H,6-9,16H2,1-2H3. The van der Waals surface area contributed by atoms with Crippen molar-refractivity contribution in [3.8, 4) is 0 Å². The number of rotatable bonds is 4. The number of nitrogens with two attached hydrogens (primary N) is 1. The van der Waals surface area contributed by atoms with E-state index < -0.39 is 0 Å². The van der Waals surface area contributed by atoms with Gasteiger partial charge < -0.3 is 15.7 Å². The molecule has 3 N–H and O–H groups in total. The first-order valence-electron chi connectivity index (χ1n) is 7.23. The number of carbonyl (C=O) groups excluding carboxylic acids is 1. The Balaban J connectivity index is 1.99. The Morgan fingerprint density at radius 1 is 1.55 bits per heavy atom. The van der Waals surface area contributed by atoms with Gasteiger partial charge in [0.1, 0.15) is 0 Å². The summed E-state index contributed by atoms with van der Waals surface area (Å²) in [6.45, 7) is 5.35. The monoisotopic (exact) mass is 296 g/mol. The predicted molar refractivity (Wildman–Crippen MR) is 81.8 cm³/mol. The number of amides is 1. The zero-order valence-electron chi connectivity index (χ0n) is 12.2. The van der Waals surface area contributed by atoms with Crippen molar-refractivity contribution in [2.75, 3.05) is 13.1 Å². The third kappa shape index (κ3) is 3.81. The Labute approximate surface area is 124 Å². The molecule has 0 bridgehead atoms. The molecule has 3 unspecified atom stereocenters. The van der Waals surface area contributed by atoms with Crippen molar-refractivity contribution in [1.82, 2.24) is 4.90 Å². The Bertz CT molecular complexity index is 433. The number of thiophene rings is 1. The summed E-state index contributed by atoms with van der Waals surface area (Å²) in [5, 5.41) is 11.9. The van der Waals surface area contributed by atoms with Gasteiger partial charge in [-0.2, -0.15) is 0 Å². The first-order valence-corrected chi connectivity index (χ1v) is 8.11. The van der Waals surface area contributed by atoms with Crippen LogP contribution in [-0.2, 0) is 0 Å². The zero-order chi connectivity index (χ0) is 14.7. The molecule has 0 spiro atoms. The normalized spacial score (nSPS) is 24.9. The number of aliphatic hydroxyl groups is 1. The fourth-order valence-corrected chi connectivity index (χ4v) is 3.44. The van der Waals surface area contributed by atoms with E-state index in [4.69, 9.17) is 5.73 Å². The molecule has 5 heteroatoms. The summed E-state index contributed by atoms with van der Waals surface area (Å²) >= 11 is 1.46. The van der Waals surface area contributed by atoms with Crippen LogP contribution in [0.15, 0.2) is 17.5 Å². The average molecular weight is 296 g/mol. The molecule has 0 aromatic carbocycles. The minimum absolute atomic E-state index is 0.0111. The van der Waals surface area contributed by atoms with Crippen LogP contribution < -0.4 is 5.73 Å². The summed E-state index contributed by atoms with van der Waals surface area (Å²) in [4.78, 5) is 15.0. The highest BCUT2D eigenvalue weighted by atomic mass is 32.1. The molecule has 2 heterocycles. The lowest BCUT2D eigenvalue weighted by Crippen LogP contribution is -2.50. The van der Waals surface area contributed by atoms with Gasteiger partial charge in [-0.3, -0.25) is 4.79 Å². The second kappa shape index (κ2) is 6.70. The molecule has 1 amide bonds. The summed E-state index contributed by atoms with van der Waals surface area (Å²) in [7, 11) is 0. The molecular weight excluding hydrogens is 272 g/mol. The number of aliphatic hydroxyl groups excluding tert-OH is 1. The van der Waals surface area contributed by atoms with E-state index in [1.54, 1.807) is 0 Å². The van der Waals surface area contributed by atoms with Crippen LogP contribution in [0, 0.1) is 11.8 Å². The molecule has 2 rings (SSSR count). The Kier molecular flexibility index (Phi) is 5.18. The summed E-state index contributed by atoms with van der Waals surface area (Å²) in [5.74, 6) is 0.605. The van der Waals surface area contributed by atoms with E-state index in [9.17, 15) is 9.90 Å². The van der Waals surface area contributed by atoms with Gasteiger partial charge in [0.05, 0.1) is 11.0 Å². The second-order valence-electron chi connectivity index (χ2n) is 6.10. The lowest BCUT2D eigenvalue weighted by molar-refractivity contribution is 0.0504. The van der Waals surface area contributed by atoms with Gasteiger partial charge in [0, 0.05) is 19.1 Å². The van der Waals surface area contributed by atoms with E-state index >= 15 is 0 Å². The summed E-state index contributed by atoms with van der Waals surface area (Å²) in [6, 6.07) is 3.75. The van der Waals surface area contributed by atoms with Gasteiger partial charge in [-0.25, -0.2) is 0 Å². The molecule has 1 aliphatic heterocycles. The number of carbonyl (C=O) groups is 1. The molecular formula is C15H24N2O2S. The topological polar surface area (TPSA) is 66.6 Å². The summed E-state index contributed by atoms with van der Waals surface area (Å²) in [6.07, 6.45) is 1.29. The predicted octanol–water partition coefficient (Wildman–Crippen LogP) is 1.94. The first kappa shape index (κ1) is 15.5. The van der Waals surface area contributed by atoms with Crippen LogP contribution in [-0.4, -0.2) is 41.1 Å². The number of nitrogens with zero attached hydrogens (tertiary/aromatic N) is 1. The van der Waals surface area contributed by atoms with Gasteiger partial charge in [0.25, 0.3) is 5.91 Å². The van der Waals surface area contributed by atoms with Crippen molar-refractivity contribution in [2.45, 2.75) is 38.8 Å². The van der Waals surface area contributed by atoms with Crippen LogP contribution in [0.25, 0.3) is 0 Å². The fraction of sp³-hybridized carbons (Fsp3) is 0.667. The molecule has 4 nitrogen and oxygen atoms in total. The highest BCUT2D eigenvalue weighted by Crippen LogP contribution is 2.25. The lowest BCUT2D eigenvalue weighted by atomic mass is 9.87. The second-order valence-corrected chi connectivity index (χ2v) is 7.04. The Morgan fingerprint density at radius 2 is 2.30 bits per heavy atom. The maximum atomic E-state index is 12.4. The number of piperidine rings is 1. The zero-order valence-corrected chi connectivity index (χ0v) is 13.0. The van der Waals surface area contributed by atoms with Crippen LogP contribution in [0.2, 0.25) is 0 Å². The molecule has 0 radical (unpaired) electrons. The lowest BCUT2D eigenvalue weighted by Gasteiger charge is -2.37. The van der Waals surface area contributed by atoms with E-state index in [1.807, 2.05) is 36.3 Å². The Hall–Kier alpha value is -0.910. The average Bonchev–Trinajstić information content (AvgIpc) is 2.90. The first-order chi connectivity index (χ1) is 9.47. The van der Waals surface area contributed by atoms with Crippen LogP contribution in [0.1, 0.15) is 36.4 Å². The molecule has 3 atom stereocenters. The number of hydrogen-bond donors (Lipinski definition) is 2. The van der Waals surface area contributed by atoms with Crippen molar-refractivity contribution >= 4 is 17.2 Å². The third-order valence-corrected chi connectivity index (χ3v) is 4.79. The molecule has 20 heavy (non-hydrogen) atoms. The summed E-state index contributed by atoms with van der Waals surface area (Å²) < 4.78 is 0. The van der Waals surface area contributed by atoms with Gasteiger partial charge in [-0.15, -0.1) is 11.3 Å². The van der Waals surface area contributed by atoms with E-state index in [0.717, 1.165) is 17.7 Å². The molecule has 1 aliphatic rings. The maximum Gasteiger partial charge on any atom is 0.263 e. The van der Waals surface area contributed by atoms with Gasteiger partial charge in [-0.1, -0.05) is 19.9 Å². The minimum Gasteiger partial charge on any atom is -0.393 e. The minimum atomic E-state index is -0.316. The van der Waals surface area contributed by atoms with Crippen molar-refractivity contribution < 1.29 is 9.90 Å². The van der Waals surface area contributed by atoms with E-state index in [0.29, 0.717) is 19.0 Å². The quantitative estimate of drug-likeness (QED) is 0.892. The molecule has 1 fully saturated rings. The van der Waals surface area contributed by atoms with E-state index in [-0.39, 0.29) is 24.0 Å². The number of hydrogen-bond acceptors (Lipinski definition) is 4. The molecule has 0 aliphatic carbocycles. The highest BCUT2D eigenvalue weighted by Gasteiger charge is 2.30. The van der Waals surface area contributed by atoms with E-state index in [1.165, 1.54) is 11.3 Å². The van der Waals surface area contributed by atoms with E-state index in [2.05, 4.69) is 0 Å². The smallest absolute Gasteiger partial charge is 0.263 e. The fourth-order valence-electron chi connectivity index (χ4n) is 2.75. The SMILES string of the molecule is CC(C)C(O)CC1CC(N)CN(C(=O)c2cccs2)C1. The molecule has 0 saturated carbocycles. The van der Waals surface area contributed by atoms with Crippen LogP contribution in [0.5, 0.6) is 0 Å². The van der Waals surface area contributed by atoms with Gasteiger partial charge in [0.15, 0.2) is 0 Å². The molecule has 1 aromatic rings. The van der Waals surface area contributed by atoms with Crippen molar-refractivity contribution in [2.24, 2.45) is 17.6 Å². The molecule has 1 saturated heterocycles. The van der Waals surface area contributed by atoms with Gasteiger partial charge in [0.2, 0.25) is 0 Å². The molecule has 112 valence electrons. The largest absolute Gasteiger partial charge is 0.393 e. The van der Waals surface area contributed by atoms with Crippen LogP contribution >= 0.6 is 11.3 Å². The third-order valence-electron chi connectivity index (χ3n) is 3.93. The summed E-state index contributed by atoms with van der Waals surface area (Å²) in [5.41, 5.74) is 6.09. The van der Waals surface area contributed by atoms with Crippen LogP contribution in [0.4, 0.5) is 0 Å². The van der Waals surface area contributed by atoms with Crippen LogP contribution in [0.3, 0.4) is 0 Å².